The number of hydrogen-bond donors (Lipinski definition) is 2. The topological polar surface area (TPSA) is 109 Å². The summed E-state index contributed by atoms with van der Waals surface area (Å²) in [6, 6.07) is 11.2. The number of nitrogens with one attached hydrogen (secondary N) is 2. The lowest BCUT2D eigenvalue weighted by Crippen LogP contribution is -2.51. The highest BCUT2D eigenvalue weighted by atomic mass is 32.2. The van der Waals surface area contributed by atoms with Crippen LogP contribution in [0, 0.1) is 10.1 Å². The molecule has 0 spiro atoms. The van der Waals surface area contributed by atoms with Gasteiger partial charge in [-0.05, 0) is 19.1 Å². The molecule has 2 unspecified atom stereocenters. The SMILES string of the molecule is C=CCSC1=NN2C(c3cc([N+](=O)[O-])ccc3OCC)Nc3ccccc3C2C(=O)N1. The lowest BCUT2D eigenvalue weighted by atomic mass is 9.96. The van der Waals surface area contributed by atoms with Crippen molar-refractivity contribution in [2.45, 2.75) is 19.1 Å². The number of hydrogen-bond acceptors (Lipinski definition) is 8. The van der Waals surface area contributed by atoms with Crippen LogP contribution in [0.3, 0.4) is 0 Å². The van der Waals surface area contributed by atoms with Crippen LogP contribution >= 0.6 is 11.8 Å². The Kier molecular flexibility index (Phi) is 5.81. The molecule has 0 aliphatic carbocycles. The number of rotatable bonds is 6. The lowest BCUT2D eigenvalue weighted by Gasteiger charge is -2.43. The fraction of sp³-hybridized carbons (Fsp3) is 0.238. The van der Waals surface area contributed by atoms with Crippen molar-refractivity contribution in [1.82, 2.24) is 10.3 Å². The maximum absolute atomic E-state index is 13.1. The summed E-state index contributed by atoms with van der Waals surface area (Å²) < 4.78 is 5.75. The molecule has 0 radical (unpaired) electrons. The minimum atomic E-state index is -0.690. The van der Waals surface area contributed by atoms with Gasteiger partial charge in [-0.3, -0.25) is 19.9 Å². The van der Waals surface area contributed by atoms with Gasteiger partial charge in [0, 0.05) is 34.7 Å². The number of non-ortho nitro benzene ring substituents is 1. The molecule has 2 N–H and O–H groups in total. The van der Waals surface area contributed by atoms with Crippen LogP contribution in [-0.4, -0.2) is 33.4 Å². The maximum Gasteiger partial charge on any atom is 0.270 e. The van der Waals surface area contributed by atoms with E-state index < -0.39 is 17.1 Å². The van der Waals surface area contributed by atoms with Crippen LogP contribution in [-0.2, 0) is 4.79 Å². The van der Waals surface area contributed by atoms with E-state index >= 15 is 0 Å². The van der Waals surface area contributed by atoms with Crippen LogP contribution in [0.5, 0.6) is 5.75 Å². The van der Waals surface area contributed by atoms with E-state index in [1.165, 1.54) is 23.9 Å². The first-order valence-corrected chi connectivity index (χ1v) is 10.7. The Labute approximate surface area is 183 Å². The first kappa shape index (κ1) is 20.7. The van der Waals surface area contributed by atoms with Gasteiger partial charge in [0.2, 0.25) is 0 Å². The number of hydrazone groups is 1. The van der Waals surface area contributed by atoms with Gasteiger partial charge in [-0.25, -0.2) is 0 Å². The normalized spacial score (nSPS) is 19.3. The molecule has 2 aromatic carbocycles. The van der Waals surface area contributed by atoms with E-state index in [1.807, 2.05) is 31.2 Å². The number of carbonyl (C=O) groups excluding carboxylic acids is 1. The summed E-state index contributed by atoms with van der Waals surface area (Å²) in [6.07, 6.45) is 1.08. The van der Waals surface area contributed by atoms with Crippen LogP contribution < -0.4 is 15.4 Å². The number of carbonyl (C=O) groups is 1. The number of anilines is 1. The number of para-hydroxylation sites is 1. The Morgan fingerprint density at radius 2 is 2.13 bits per heavy atom. The van der Waals surface area contributed by atoms with E-state index in [0.29, 0.717) is 28.8 Å². The summed E-state index contributed by atoms with van der Waals surface area (Å²) in [5, 5.41) is 24.4. The van der Waals surface area contributed by atoms with Gasteiger partial charge in [-0.15, -0.1) is 11.7 Å². The Morgan fingerprint density at radius 1 is 1.32 bits per heavy atom. The molecule has 4 rings (SSSR count). The zero-order chi connectivity index (χ0) is 22.0. The quantitative estimate of drug-likeness (QED) is 0.400. The lowest BCUT2D eigenvalue weighted by molar-refractivity contribution is -0.385. The average Bonchev–Trinajstić information content (AvgIpc) is 2.77. The summed E-state index contributed by atoms with van der Waals surface area (Å²) >= 11 is 1.35. The van der Waals surface area contributed by atoms with Crippen molar-refractivity contribution in [3.05, 3.63) is 76.4 Å². The zero-order valence-electron chi connectivity index (χ0n) is 16.8. The molecule has 0 fully saturated rings. The molecule has 2 atom stereocenters. The van der Waals surface area contributed by atoms with E-state index in [9.17, 15) is 14.9 Å². The van der Waals surface area contributed by atoms with Crippen LogP contribution in [0.1, 0.15) is 30.3 Å². The number of amides is 1. The van der Waals surface area contributed by atoms with E-state index in [0.717, 1.165) is 11.3 Å². The predicted octanol–water partition coefficient (Wildman–Crippen LogP) is 3.78. The summed E-state index contributed by atoms with van der Waals surface area (Å²) in [5.41, 5.74) is 2.00. The first-order chi connectivity index (χ1) is 15.0. The molecule has 10 heteroatoms. The van der Waals surface area contributed by atoms with E-state index in [2.05, 4.69) is 22.3 Å². The second-order valence-corrected chi connectivity index (χ2v) is 7.83. The maximum atomic E-state index is 13.1. The highest BCUT2D eigenvalue weighted by Gasteiger charge is 2.43. The highest BCUT2D eigenvalue weighted by molar-refractivity contribution is 8.14. The van der Waals surface area contributed by atoms with Gasteiger partial charge in [-0.1, -0.05) is 36.0 Å². The van der Waals surface area contributed by atoms with Crippen molar-refractivity contribution in [2.24, 2.45) is 5.10 Å². The zero-order valence-corrected chi connectivity index (χ0v) is 17.6. The number of nitrogens with zero attached hydrogens (tertiary/aromatic N) is 3. The van der Waals surface area contributed by atoms with E-state index in [-0.39, 0.29) is 11.6 Å². The van der Waals surface area contributed by atoms with Crippen molar-refractivity contribution in [1.29, 1.82) is 0 Å². The van der Waals surface area contributed by atoms with Crippen LogP contribution in [0.15, 0.2) is 60.2 Å². The largest absolute Gasteiger partial charge is 0.493 e. The third kappa shape index (κ3) is 3.93. The molecule has 1 amide bonds. The molecule has 0 saturated heterocycles. The first-order valence-electron chi connectivity index (χ1n) is 9.71. The molecule has 9 nitrogen and oxygen atoms in total. The van der Waals surface area contributed by atoms with E-state index in [4.69, 9.17) is 4.74 Å². The number of fused-ring (bicyclic) bond motifs is 3. The van der Waals surface area contributed by atoms with Gasteiger partial charge in [0.25, 0.3) is 11.6 Å². The van der Waals surface area contributed by atoms with Crippen molar-refractivity contribution >= 4 is 34.2 Å². The second kappa shape index (κ2) is 8.68. The van der Waals surface area contributed by atoms with Crippen LogP contribution in [0.4, 0.5) is 11.4 Å². The van der Waals surface area contributed by atoms with Gasteiger partial charge >= 0.3 is 0 Å². The van der Waals surface area contributed by atoms with Gasteiger partial charge in [0.15, 0.2) is 11.2 Å². The Morgan fingerprint density at radius 3 is 2.87 bits per heavy atom. The molecule has 2 aliphatic heterocycles. The molecule has 2 aromatic rings. The summed E-state index contributed by atoms with van der Waals surface area (Å²) in [4.78, 5) is 24.1. The smallest absolute Gasteiger partial charge is 0.270 e. The number of ether oxygens (including phenoxy) is 1. The number of benzene rings is 2. The molecule has 2 aliphatic rings. The van der Waals surface area contributed by atoms with Crippen molar-refractivity contribution in [3.8, 4) is 5.75 Å². The highest BCUT2D eigenvalue weighted by Crippen LogP contribution is 2.45. The number of thioether (sulfide) groups is 1. The van der Waals surface area contributed by atoms with Crippen LogP contribution in [0.2, 0.25) is 0 Å². The number of amidine groups is 1. The Hall–Kier alpha value is -3.53. The van der Waals surface area contributed by atoms with Crippen molar-refractivity contribution in [2.75, 3.05) is 17.7 Å². The Balaban J connectivity index is 1.87. The summed E-state index contributed by atoms with van der Waals surface area (Å²) in [5.74, 6) is 0.849. The third-order valence-electron chi connectivity index (χ3n) is 4.90. The van der Waals surface area contributed by atoms with Gasteiger partial charge in [0.05, 0.1) is 11.5 Å². The van der Waals surface area contributed by atoms with Gasteiger partial charge in [-0.2, -0.15) is 0 Å². The molecular weight excluding hydrogens is 418 g/mol. The number of nitro benzene ring substituents is 1. The number of nitro groups is 1. The molecule has 160 valence electrons. The molecule has 0 aromatic heterocycles. The van der Waals surface area contributed by atoms with Crippen LogP contribution in [0.25, 0.3) is 0 Å². The van der Waals surface area contributed by atoms with Gasteiger partial charge in [0.1, 0.15) is 11.9 Å². The third-order valence-corrected chi connectivity index (χ3v) is 5.76. The standard InChI is InChI=1S/C21H21N5O4S/c1-3-11-31-21-23-20(27)18-14-7-5-6-8-16(14)22-19(25(18)24-21)15-12-13(26(28)29)9-10-17(15)30-4-2/h3,5-10,12,18-19,22H,1,4,11H2,2H3,(H,23,24,27). The summed E-state index contributed by atoms with van der Waals surface area (Å²) in [6.45, 7) is 5.93. The second-order valence-electron chi connectivity index (χ2n) is 6.82. The average molecular weight is 439 g/mol. The minimum Gasteiger partial charge on any atom is -0.493 e. The molecule has 2 heterocycles. The van der Waals surface area contributed by atoms with Gasteiger partial charge < -0.3 is 15.4 Å². The molecule has 0 saturated carbocycles. The molecule has 0 bridgehead atoms. The molecule has 31 heavy (non-hydrogen) atoms. The fourth-order valence-corrected chi connectivity index (χ4v) is 4.23. The van der Waals surface area contributed by atoms with Crippen molar-refractivity contribution < 1.29 is 14.5 Å². The van der Waals surface area contributed by atoms with Crippen molar-refractivity contribution in [3.63, 3.8) is 0 Å². The summed E-state index contributed by atoms with van der Waals surface area (Å²) in [7, 11) is 0. The monoisotopic (exact) mass is 439 g/mol. The fourth-order valence-electron chi connectivity index (χ4n) is 3.63. The minimum absolute atomic E-state index is 0.0673. The predicted molar refractivity (Wildman–Crippen MR) is 120 cm³/mol. The Bertz CT molecular complexity index is 1070. The molecular formula is C21H21N5O4S. The van der Waals surface area contributed by atoms with E-state index in [1.54, 1.807) is 17.2 Å².